The Kier molecular flexibility index (Phi) is 7.78. The minimum Gasteiger partial charge on any atom is -0.454 e. The molecule has 0 amide bonds. The Balaban J connectivity index is 1.97. The zero-order valence-electron chi connectivity index (χ0n) is 19.8. The molecule has 1 aromatic rings. The van der Waals surface area contributed by atoms with Crippen LogP contribution in [0.3, 0.4) is 0 Å². The Hall–Kier alpha value is -1.77. The lowest BCUT2D eigenvalue weighted by atomic mass is 9.92. The number of benzene rings is 1. The maximum Gasteiger partial charge on any atom is 0.330 e. The highest BCUT2D eigenvalue weighted by Crippen LogP contribution is 2.43. The summed E-state index contributed by atoms with van der Waals surface area (Å²) in [5.41, 5.74) is 0.921. The van der Waals surface area contributed by atoms with Crippen LogP contribution in [0, 0.1) is 0 Å². The number of hydrogen-bond acceptors (Lipinski definition) is 6. The van der Waals surface area contributed by atoms with Gasteiger partial charge in [-0.25, -0.2) is 4.79 Å². The van der Waals surface area contributed by atoms with Crippen molar-refractivity contribution in [3.05, 3.63) is 61.2 Å². The Morgan fingerprint density at radius 2 is 1.84 bits per heavy atom. The fourth-order valence-corrected chi connectivity index (χ4v) is 5.07. The second kappa shape index (κ2) is 10.0. The number of fused-ring (bicyclic) bond motifs is 1. The van der Waals surface area contributed by atoms with Gasteiger partial charge in [0.15, 0.2) is 20.7 Å². The van der Waals surface area contributed by atoms with Crippen molar-refractivity contribution in [1.29, 1.82) is 0 Å². The number of ether oxygens (including phenoxy) is 4. The molecule has 0 aromatic heterocycles. The van der Waals surface area contributed by atoms with Gasteiger partial charge in [-0.2, -0.15) is 0 Å². The third-order valence-corrected chi connectivity index (χ3v) is 11.0. The van der Waals surface area contributed by atoms with Crippen LogP contribution in [0.1, 0.15) is 39.0 Å². The van der Waals surface area contributed by atoms with E-state index in [1.165, 1.54) is 0 Å². The summed E-state index contributed by atoms with van der Waals surface area (Å²) in [7, 11) is -2.24. The first-order valence-electron chi connectivity index (χ1n) is 11.2. The standard InChI is InChI=1S/C25H36O6Si/c1-8-13-18-21(29-20(26)9-2)23(31-32(6,7)25(3,4)5)22-19(28-18)16-27-24(30-22)17-14-11-10-12-15-17/h8-12,14-15,18-19,21-24H,1-2,13,16H2,3-7H3/t18-,19+,21-,22?,23+,24+/m0/s1. The summed E-state index contributed by atoms with van der Waals surface area (Å²) in [4.78, 5) is 12.3. The van der Waals surface area contributed by atoms with Gasteiger partial charge in [0.1, 0.15) is 24.4 Å². The predicted octanol–water partition coefficient (Wildman–Crippen LogP) is 4.93. The Morgan fingerprint density at radius 1 is 1.16 bits per heavy atom. The first-order chi connectivity index (χ1) is 15.1. The van der Waals surface area contributed by atoms with Gasteiger partial charge in [0.2, 0.25) is 0 Å². The van der Waals surface area contributed by atoms with Gasteiger partial charge in [-0.3, -0.25) is 0 Å². The van der Waals surface area contributed by atoms with E-state index in [1.54, 1.807) is 6.08 Å². The molecule has 0 N–H and O–H groups in total. The molecule has 2 aliphatic rings. The average Bonchev–Trinajstić information content (AvgIpc) is 2.75. The maximum absolute atomic E-state index is 12.3. The van der Waals surface area contributed by atoms with Crippen LogP contribution in [0.25, 0.3) is 0 Å². The largest absolute Gasteiger partial charge is 0.454 e. The molecule has 6 nitrogen and oxygen atoms in total. The number of esters is 1. The van der Waals surface area contributed by atoms with E-state index in [4.69, 9.17) is 23.4 Å². The van der Waals surface area contributed by atoms with Crippen LogP contribution >= 0.6 is 0 Å². The molecule has 176 valence electrons. The van der Waals surface area contributed by atoms with E-state index in [-0.39, 0.29) is 11.1 Å². The van der Waals surface area contributed by atoms with Gasteiger partial charge in [0.05, 0.1) is 6.61 Å². The Bertz CT molecular complexity index is 802. The van der Waals surface area contributed by atoms with Gasteiger partial charge in [0, 0.05) is 11.6 Å². The van der Waals surface area contributed by atoms with E-state index >= 15 is 0 Å². The van der Waals surface area contributed by atoms with Crippen LogP contribution in [0.5, 0.6) is 0 Å². The lowest BCUT2D eigenvalue weighted by Crippen LogP contribution is -2.65. The van der Waals surface area contributed by atoms with Gasteiger partial charge < -0.3 is 23.4 Å². The normalized spacial score (nSPS) is 30.8. The summed E-state index contributed by atoms with van der Waals surface area (Å²) in [6.45, 7) is 18.7. The molecule has 0 spiro atoms. The van der Waals surface area contributed by atoms with Crippen molar-refractivity contribution in [1.82, 2.24) is 0 Å². The van der Waals surface area contributed by atoms with Crippen LogP contribution in [0.2, 0.25) is 18.1 Å². The van der Waals surface area contributed by atoms with E-state index in [9.17, 15) is 4.79 Å². The van der Waals surface area contributed by atoms with Gasteiger partial charge in [-0.05, 0) is 24.6 Å². The van der Waals surface area contributed by atoms with Crippen molar-refractivity contribution in [2.45, 2.75) is 82.1 Å². The maximum atomic E-state index is 12.3. The van der Waals surface area contributed by atoms with E-state index in [0.29, 0.717) is 13.0 Å². The Morgan fingerprint density at radius 3 is 2.44 bits per heavy atom. The molecule has 0 bridgehead atoms. The van der Waals surface area contributed by atoms with Crippen molar-refractivity contribution in [3.8, 4) is 0 Å². The molecule has 32 heavy (non-hydrogen) atoms. The molecule has 6 atom stereocenters. The lowest BCUT2D eigenvalue weighted by molar-refractivity contribution is -0.326. The molecule has 7 heteroatoms. The SMILES string of the molecule is C=CC[C@@H]1O[C@@H]2CO[C@@H](c3ccccc3)OC2[C@H](O[Si](C)(C)C(C)(C)C)[C@H]1OC(=O)C=C. The van der Waals surface area contributed by atoms with Crippen LogP contribution in [-0.4, -0.2) is 51.4 Å². The van der Waals surface area contributed by atoms with E-state index in [2.05, 4.69) is 47.0 Å². The minimum atomic E-state index is -2.24. The van der Waals surface area contributed by atoms with Gasteiger partial charge >= 0.3 is 5.97 Å². The summed E-state index contributed by atoms with van der Waals surface area (Å²) < 4.78 is 31.4. The van der Waals surface area contributed by atoms with E-state index in [0.717, 1.165) is 11.6 Å². The molecule has 2 fully saturated rings. The molecule has 0 radical (unpaired) electrons. The van der Waals surface area contributed by atoms with Gasteiger partial charge in [0.25, 0.3) is 0 Å². The molecule has 0 saturated carbocycles. The summed E-state index contributed by atoms with van der Waals surface area (Å²) in [6.07, 6.45) is 0.546. The second-order valence-electron chi connectivity index (χ2n) is 9.86. The lowest BCUT2D eigenvalue weighted by Gasteiger charge is -2.52. The third kappa shape index (κ3) is 5.40. The monoisotopic (exact) mass is 460 g/mol. The molecule has 2 heterocycles. The van der Waals surface area contributed by atoms with Crippen LogP contribution in [-0.2, 0) is 28.2 Å². The molecule has 3 rings (SSSR count). The molecule has 1 aromatic carbocycles. The molecule has 2 aliphatic heterocycles. The highest BCUT2D eigenvalue weighted by atomic mass is 28.4. The van der Waals surface area contributed by atoms with Crippen LogP contribution in [0.15, 0.2) is 55.6 Å². The first-order valence-corrected chi connectivity index (χ1v) is 14.1. The number of rotatable bonds is 7. The third-order valence-electron chi connectivity index (χ3n) is 6.55. The van der Waals surface area contributed by atoms with Crippen molar-refractivity contribution in [3.63, 3.8) is 0 Å². The zero-order valence-corrected chi connectivity index (χ0v) is 20.8. The van der Waals surface area contributed by atoms with Crippen molar-refractivity contribution < 1.29 is 28.2 Å². The van der Waals surface area contributed by atoms with E-state index in [1.807, 2.05) is 30.3 Å². The molecular weight excluding hydrogens is 424 g/mol. The topological polar surface area (TPSA) is 63.2 Å². The van der Waals surface area contributed by atoms with E-state index < -0.39 is 45.0 Å². The average molecular weight is 461 g/mol. The number of carbonyl (C=O) groups is 1. The summed E-state index contributed by atoms with van der Waals surface area (Å²) >= 11 is 0. The zero-order chi connectivity index (χ0) is 23.5. The smallest absolute Gasteiger partial charge is 0.330 e. The summed E-state index contributed by atoms with van der Waals surface area (Å²) in [5.74, 6) is -0.512. The molecule has 2 saturated heterocycles. The number of carbonyl (C=O) groups excluding carboxylic acids is 1. The van der Waals surface area contributed by atoms with Gasteiger partial charge in [-0.1, -0.05) is 63.8 Å². The minimum absolute atomic E-state index is 0.0360. The highest BCUT2D eigenvalue weighted by Gasteiger charge is 2.54. The summed E-state index contributed by atoms with van der Waals surface area (Å²) in [6, 6.07) is 9.78. The fourth-order valence-electron chi connectivity index (χ4n) is 3.77. The highest BCUT2D eigenvalue weighted by molar-refractivity contribution is 6.74. The molecule has 1 unspecified atom stereocenters. The van der Waals surface area contributed by atoms with Crippen LogP contribution in [0.4, 0.5) is 0 Å². The first kappa shape index (κ1) is 24.9. The van der Waals surface area contributed by atoms with Crippen molar-refractivity contribution >= 4 is 14.3 Å². The number of hydrogen-bond donors (Lipinski definition) is 0. The van der Waals surface area contributed by atoms with Crippen molar-refractivity contribution in [2.24, 2.45) is 0 Å². The van der Waals surface area contributed by atoms with Gasteiger partial charge in [-0.15, -0.1) is 6.58 Å². The predicted molar refractivity (Wildman–Crippen MR) is 126 cm³/mol. The Labute approximate surface area is 192 Å². The fraction of sp³-hybridized carbons (Fsp3) is 0.560. The quantitative estimate of drug-likeness (QED) is 0.249. The van der Waals surface area contributed by atoms with Crippen LogP contribution < -0.4 is 0 Å². The summed E-state index contributed by atoms with van der Waals surface area (Å²) in [5, 5.41) is -0.0360. The van der Waals surface area contributed by atoms with Crippen molar-refractivity contribution in [2.75, 3.05) is 6.61 Å². The second-order valence-corrected chi connectivity index (χ2v) is 14.6. The molecule has 0 aliphatic carbocycles. The molecular formula is C25H36O6Si.